The Balaban J connectivity index is 1.82. The Bertz CT molecular complexity index is 807. The highest BCUT2D eigenvalue weighted by Crippen LogP contribution is 2.29. The van der Waals surface area contributed by atoms with Crippen molar-refractivity contribution in [3.63, 3.8) is 0 Å². The fourth-order valence-electron chi connectivity index (χ4n) is 3.39. The number of rotatable bonds is 2. The Labute approximate surface area is 142 Å². The maximum absolute atomic E-state index is 9.47. The topological polar surface area (TPSA) is 87.0 Å². The molecule has 0 unspecified atom stereocenters. The Morgan fingerprint density at radius 3 is 2.25 bits per heavy atom. The van der Waals surface area contributed by atoms with Crippen molar-refractivity contribution in [2.45, 2.75) is 20.8 Å². The summed E-state index contributed by atoms with van der Waals surface area (Å²) in [6.45, 7) is 9.14. The second-order valence-corrected chi connectivity index (χ2v) is 6.28. The van der Waals surface area contributed by atoms with Gasteiger partial charge in [0.15, 0.2) is 5.82 Å². The van der Waals surface area contributed by atoms with E-state index in [1.165, 1.54) is 0 Å². The molecule has 3 heterocycles. The van der Waals surface area contributed by atoms with Crippen LogP contribution in [0, 0.1) is 32.1 Å². The molecule has 0 radical (unpaired) electrons. The third kappa shape index (κ3) is 2.64. The quantitative estimate of drug-likeness (QED) is 0.901. The first-order valence-corrected chi connectivity index (χ1v) is 8.09. The smallest absolute Gasteiger partial charge is 0.150 e. The fraction of sp³-hybridized carbons (Fsp3) is 0.471. The van der Waals surface area contributed by atoms with Crippen LogP contribution in [0.3, 0.4) is 0 Å². The summed E-state index contributed by atoms with van der Waals surface area (Å²) in [7, 11) is 1.93. The molecule has 0 spiro atoms. The average Bonchev–Trinajstić information content (AvgIpc) is 2.79. The van der Waals surface area contributed by atoms with Gasteiger partial charge in [0.1, 0.15) is 6.07 Å². The predicted molar refractivity (Wildman–Crippen MR) is 95.2 cm³/mol. The molecule has 7 heteroatoms. The monoisotopic (exact) mass is 325 g/mol. The third-order valence-electron chi connectivity index (χ3n) is 4.58. The molecule has 2 N–H and O–H groups in total. The third-order valence-corrected chi connectivity index (χ3v) is 4.58. The Morgan fingerprint density at radius 1 is 1.08 bits per heavy atom. The molecule has 2 aromatic rings. The highest BCUT2D eigenvalue weighted by atomic mass is 15.4. The summed E-state index contributed by atoms with van der Waals surface area (Å²) in [6, 6.07) is 4.30. The number of piperazine rings is 1. The maximum atomic E-state index is 9.47. The first kappa shape index (κ1) is 16.1. The molecule has 0 aliphatic carbocycles. The molecule has 0 aromatic carbocycles. The van der Waals surface area contributed by atoms with E-state index >= 15 is 0 Å². The van der Waals surface area contributed by atoms with Gasteiger partial charge in [0.05, 0.1) is 28.3 Å². The van der Waals surface area contributed by atoms with Gasteiger partial charge >= 0.3 is 0 Å². The minimum Gasteiger partial charge on any atom is -0.394 e. The van der Waals surface area contributed by atoms with Crippen LogP contribution < -0.4 is 15.5 Å². The normalized spacial score (nSPS) is 14.8. The van der Waals surface area contributed by atoms with Crippen LogP contribution in [-0.2, 0) is 7.05 Å². The zero-order chi connectivity index (χ0) is 17.4. The van der Waals surface area contributed by atoms with Gasteiger partial charge in [0.2, 0.25) is 0 Å². The van der Waals surface area contributed by atoms with Crippen molar-refractivity contribution in [2.24, 2.45) is 7.05 Å². The number of aryl methyl sites for hydroxylation is 4. The van der Waals surface area contributed by atoms with E-state index in [1.54, 1.807) is 0 Å². The van der Waals surface area contributed by atoms with Gasteiger partial charge in [0, 0.05) is 38.9 Å². The van der Waals surface area contributed by atoms with Gasteiger partial charge in [0.25, 0.3) is 0 Å². The lowest BCUT2D eigenvalue weighted by molar-refractivity contribution is 0.623. The van der Waals surface area contributed by atoms with Crippen LogP contribution in [0.25, 0.3) is 0 Å². The number of hydrogen-bond acceptors (Lipinski definition) is 6. The Hall–Kier alpha value is -2.75. The Morgan fingerprint density at radius 2 is 1.71 bits per heavy atom. The molecule has 3 rings (SSSR count). The SMILES string of the molecule is Cc1cc(N2CCN(c3c(N)c(C)nn3C)CC2)c(C#N)c(C)n1. The van der Waals surface area contributed by atoms with E-state index in [4.69, 9.17) is 5.73 Å². The van der Waals surface area contributed by atoms with Crippen molar-refractivity contribution in [1.29, 1.82) is 5.26 Å². The lowest BCUT2D eigenvalue weighted by atomic mass is 10.1. The summed E-state index contributed by atoms with van der Waals surface area (Å²) in [4.78, 5) is 8.92. The molecule has 24 heavy (non-hydrogen) atoms. The largest absolute Gasteiger partial charge is 0.394 e. The van der Waals surface area contributed by atoms with Crippen LogP contribution in [-0.4, -0.2) is 40.9 Å². The van der Waals surface area contributed by atoms with E-state index in [9.17, 15) is 5.26 Å². The zero-order valence-corrected chi connectivity index (χ0v) is 14.7. The standard InChI is InChI=1S/C17H23N7/c1-11-9-15(14(10-18)12(2)20-11)23-5-7-24(8-6-23)17-16(19)13(3)21-22(17)4/h9H,5-8,19H2,1-4H3. The van der Waals surface area contributed by atoms with Gasteiger partial charge in [-0.25, -0.2) is 0 Å². The number of nitrogens with two attached hydrogens (primary N) is 1. The van der Waals surface area contributed by atoms with Crippen LogP contribution in [0.15, 0.2) is 6.07 Å². The van der Waals surface area contributed by atoms with Crippen LogP contribution in [0.5, 0.6) is 0 Å². The maximum Gasteiger partial charge on any atom is 0.150 e. The fourth-order valence-corrected chi connectivity index (χ4v) is 3.39. The molecular formula is C17H23N7. The number of nitrogens with zero attached hydrogens (tertiary/aromatic N) is 6. The highest BCUT2D eigenvalue weighted by molar-refractivity contribution is 5.67. The number of nitrogen functional groups attached to an aromatic ring is 1. The van der Waals surface area contributed by atoms with Crippen LogP contribution in [0.4, 0.5) is 17.2 Å². The van der Waals surface area contributed by atoms with Gasteiger partial charge in [-0.1, -0.05) is 0 Å². The molecule has 0 bridgehead atoms. The molecule has 0 saturated carbocycles. The molecular weight excluding hydrogens is 302 g/mol. The summed E-state index contributed by atoms with van der Waals surface area (Å²) in [6.07, 6.45) is 0. The first-order valence-electron chi connectivity index (χ1n) is 8.09. The van der Waals surface area contributed by atoms with E-state index in [0.717, 1.165) is 60.5 Å². The molecule has 1 saturated heterocycles. The van der Waals surface area contributed by atoms with Crippen molar-refractivity contribution in [2.75, 3.05) is 41.7 Å². The summed E-state index contributed by atoms with van der Waals surface area (Å²) in [5.74, 6) is 0.981. The van der Waals surface area contributed by atoms with E-state index in [0.29, 0.717) is 5.56 Å². The summed E-state index contributed by atoms with van der Waals surface area (Å²) >= 11 is 0. The van der Waals surface area contributed by atoms with Crippen molar-refractivity contribution in [3.8, 4) is 6.07 Å². The molecule has 2 aromatic heterocycles. The zero-order valence-electron chi connectivity index (χ0n) is 14.7. The van der Waals surface area contributed by atoms with Crippen molar-refractivity contribution in [1.82, 2.24) is 14.8 Å². The highest BCUT2D eigenvalue weighted by Gasteiger charge is 2.24. The molecule has 1 aliphatic heterocycles. The number of aromatic nitrogens is 3. The van der Waals surface area contributed by atoms with E-state index in [-0.39, 0.29) is 0 Å². The lowest BCUT2D eigenvalue weighted by Gasteiger charge is -2.37. The van der Waals surface area contributed by atoms with Crippen molar-refractivity contribution in [3.05, 3.63) is 28.7 Å². The molecule has 7 nitrogen and oxygen atoms in total. The van der Waals surface area contributed by atoms with Gasteiger partial charge in [-0.2, -0.15) is 10.4 Å². The summed E-state index contributed by atoms with van der Waals surface area (Å²) in [5.41, 5.74) is 11.2. The minimum atomic E-state index is 0.671. The number of anilines is 3. The number of nitriles is 1. The minimum absolute atomic E-state index is 0.671. The van der Waals surface area contributed by atoms with E-state index in [2.05, 4.69) is 26.0 Å². The molecule has 1 aliphatic rings. The molecule has 1 fully saturated rings. The van der Waals surface area contributed by atoms with Crippen molar-refractivity contribution < 1.29 is 0 Å². The molecule has 0 amide bonds. The van der Waals surface area contributed by atoms with E-state index in [1.807, 2.05) is 38.6 Å². The van der Waals surface area contributed by atoms with Gasteiger partial charge in [-0.05, 0) is 26.8 Å². The molecule has 0 atom stereocenters. The van der Waals surface area contributed by atoms with Gasteiger partial charge in [-0.15, -0.1) is 0 Å². The second kappa shape index (κ2) is 6.04. The van der Waals surface area contributed by atoms with E-state index < -0.39 is 0 Å². The van der Waals surface area contributed by atoms with Crippen LogP contribution >= 0.6 is 0 Å². The first-order chi connectivity index (χ1) is 11.4. The summed E-state index contributed by atoms with van der Waals surface area (Å²) in [5, 5.41) is 13.9. The lowest BCUT2D eigenvalue weighted by Crippen LogP contribution is -2.47. The van der Waals surface area contributed by atoms with Gasteiger partial charge in [-0.3, -0.25) is 9.67 Å². The van der Waals surface area contributed by atoms with Crippen molar-refractivity contribution >= 4 is 17.2 Å². The summed E-state index contributed by atoms with van der Waals surface area (Å²) < 4.78 is 1.85. The number of hydrogen-bond donors (Lipinski definition) is 1. The molecule has 126 valence electrons. The number of pyridine rings is 1. The van der Waals surface area contributed by atoms with Crippen LogP contribution in [0.1, 0.15) is 22.6 Å². The predicted octanol–water partition coefficient (Wildman–Crippen LogP) is 1.52. The average molecular weight is 325 g/mol. The van der Waals surface area contributed by atoms with Gasteiger partial charge < -0.3 is 15.5 Å². The Kier molecular flexibility index (Phi) is 4.06. The second-order valence-electron chi connectivity index (χ2n) is 6.28. The van der Waals surface area contributed by atoms with Crippen LogP contribution in [0.2, 0.25) is 0 Å².